The molecular weight excluding hydrogens is 216 g/mol. The Bertz CT molecular complexity index is 261. The molecule has 0 aromatic heterocycles. The van der Waals surface area contributed by atoms with Gasteiger partial charge in [-0.05, 0) is 32.9 Å². The summed E-state index contributed by atoms with van der Waals surface area (Å²) in [7, 11) is -1.28. The molecule has 1 saturated heterocycles. The first-order chi connectivity index (χ1) is 7.14. The highest BCUT2D eigenvalue weighted by Crippen LogP contribution is 2.07. The number of ether oxygens (including phenoxy) is 1. The normalized spacial score (nSPS) is 19.3. The Morgan fingerprint density at radius 2 is 2.00 bits per heavy atom. The van der Waals surface area contributed by atoms with Gasteiger partial charge in [0.05, 0.1) is 5.75 Å². The minimum atomic E-state index is -3.10. The van der Waals surface area contributed by atoms with Crippen LogP contribution in [0.1, 0.15) is 19.3 Å². The molecule has 1 aliphatic heterocycles. The summed E-state index contributed by atoms with van der Waals surface area (Å²) in [5.41, 5.74) is 0. The molecule has 1 aliphatic rings. The smallest absolute Gasteiger partial charge is 0.211 e. The Labute approximate surface area is 91.6 Å². The zero-order chi connectivity index (χ0) is 11.1. The van der Waals surface area contributed by atoms with Crippen molar-refractivity contribution in [2.75, 3.05) is 32.6 Å². The first-order valence-electron chi connectivity index (χ1n) is 5.36. The first-order valence-corrected chi connectivity index (χ1v) is 7.01. The molecule has 0 aromatic rings. The average Bonchev–Trinajstić information content (AvgIpc) is 2.18. The van der Waals surface area contributed by atoms with Crippen LogP contribution >= 0.6 is 0 Å². The number of hydrogen-bond acceptors (Lipinski definition) is 4. The molecule has 0 unspecified atom stereocenters. The lowest BCUT2D eigenvalue weighted by molar-refractivity contribution is 0.0832. The quantitative estimate of drug-likeness (QED) is 0.621. The Balaban J connectivity index is 2.27. The fourth-order valence-corrected chi connectivity index (χ4v) is 2.95. The third-order valence-corrected chi connectivity index (χ3v) is 3.93. The van der Waals surface area contributed by atoms with E-state index < -0.39 is 10.0 Å². The summed E-state index contributed by atoms with van der Waals surface area (Å²) in [5, 5.41) is 2.93. The third-order valence-electron chi connectivity index (χ3n) is 2.41. The molecule has 90 valence electrons. The van der Waals surface area contributed by atoms with E-state index in [4.69, 9.17) is 4.74 Å². The van der Waals surface area contributed by atoms with Crippen molar-refractivity contribution in [1.29, 1.82) is 0 Å². The van der Waals surface area contributed by atoms with Crippen LogP contribution in [-0.2, 0) is 14.8 Å². The predicted molar refractivity (Wildman–Crippen MR) is 59.3 cm³/mol. The lowest BCUT2D eigenvalue weighted by atomic mass is 10.1. The lowest BCUT2D eigenvalue weighted by Gasteiger charge is -2.22. The van der Waals surface area contributed by atoms with Gasteiger partial charge in [-0.15, -0.1) is 0 Å². The second-order valence-corrected chi connectivity index (χ2v) is 5.65. The summed E-state index contributed by atoms with van der Waals surface area (Å²) >= 11 is 0. The van der Waals surface area contributed by atoms with Crippen molar-refractivity contribution >= 4 is 10.0 Å². The Morgan fingerprint density at radius 1 is 1.33 bits per heavy atom. The Hall–Kier alpha value is -0.170. The highest BCUT2D eigenvalue weighted by molar-refractivity contribution is 7.89. The average molecular weight is 236 g/mol. The number of rotatable bonds is 6. The van der Waals surface area contributed by atoms with E-state index in [1.807, 2.05) is 7.05 Å². The van der Waals surface area contributed by atoms with Crippen LogP contribution in [-0.4, -0.2) is 47.0 Å². The molecule has 1 rings (SSSR count). The van der Waals surface area contributed by atoms with E-state index >= 15 is 0 Å². The van der Waals surface area contributed by atoms with Crippen molar-refractivity contribution in [3.63, 3.8) is 0 Å². The van der Waals surface area contributed by atoms with Crippen LogP contribution in [0.25, 0.3) is 0 Å². The molecule has 5 nitrogen and oxygen atoms in total. The fourth-order valence-electron chi connectivity index (χ4n) is 1.57. The van der Waals surface area contributed by atoms with Gasteiger partial charge < -0.3 is 10.1 Å². The zero-order valence-corrected chi connectivity index (χ0v) is 9.98. The van der Waals surface area contributed by atoms with Gasteiger partial charge in [-0.25, -0.2) is 13.1 Å². The van der Waals surface area contributed by atoms with Crippen molar-refractivity contribution in [2.45, 2.75) is 25.3 Å². The number of nitrogens with one attached hydrogen (secondary N) is 2. The van der Waals surface area contributed by atoms with Crippen LogP contribution in [0.2, 0.25) is 0 Å². The molecule has 1 heterocycles. The van der Waals surface area contributed by atoms with Crippen molar-refractivity contribution < 1.29 is 13.2 Å². The van der Waals surface area contributed by atoms with Gasteiger partial charge in [0.25, 0.3) is 0 Å². The highest BCUT2D eigenvalue weighted by atomic mass is 32.2. The maximum atomic E-state index is 11.6. The predicted octanol–water partition coefficient (Wildman–Crippen LogP) is -0.306. The van der Waals surface area contributed by atoms with E-state index in [0.717, 1.165) is 19.4 Å². The van der Waals surface area contributed by atoms with Gasteiger partial charge in [0, 0.05) is 19.3 Å². The van der Waals surface area contributed by atoms with Crippen molar-refractivity contribution in [1.82, 2.24) is 10.0 Å². The zero-order valence-electron chi connectivity index (χ0n) is 9.16. The standard InChI is InChI=1S/C9H20N2O3S/c1-10-5-2-8-15(12,13)11-9-3-6-14-7-4-9/h9-11H,2-8H2,1H3. The SMILES string of the molecule is CNCCCS(=O)(=O)NC1CCOCC1. The summed E-state index contributed by atoms with van der Waals surface area (Å²) in [4.78, 5) is 0. The van der Waals surface area contributed by atoms with Gasteiger partial charge in [-0.1, -0.05) is 0 Å². The summed E-state index contributed by atoms with van der Waals surface area (Å²) in [6, 6.07) is 0.0679. The van der Waals surface area contributed by atoms with Crippen LogP contribution in [0.5, 0.6) is 0 Å². The maximum absolute atomic E-state index is 11.6. The molecule has 0 spiro atoms. The van der Waals surface area contributed by atoms with Crippen LogP contribution in [0.3, 0.4) is 0 Å². The minimum absolute atomic E-state index is 0.0679. The molecule has 2 N–H and O–H groups in total. The second kappa shape index (κ2) is 6.42. The largest absolute Gasteiger partial charge is 0.381 e. The van der Waals surface area contributed by atoms with Crippen molar-refractivity contribution in [2.24, 2.45) is 0 Å². The molecule has 15 heavy (non-hydrogen) atoms. The van der Waals surface area contributed by atoms with E-state index in [1.165, 1.54) is 0 Å². The molecule has 0 amide bonds. The maximum Gasteiger partial charge on any atom is 0.211 e. The van der Waals surface area contributed by atoms with Gasteiger partial charge >= 0.3 is 0 Å². The van der Waals surface area contributed by atoms with Gasteiger partial charge in [-0.3, -0.25) is 0 Å². The molecule has 0 atom stereocenters. The van der Waals surface area contributed by atoms with Crippen LogP contribution in [0.4, 0.5) is 0 Å². The summed E-state index contributed by atoms with van der Waals surface area (Å²) in [6.45, 7) is 2.04. The van der Waals surface area contributed by atoms with Crippen LogP contribution in [0, 0.1) is 0 Å². The molecule has 0 radical (unpaired) electrons. The van der Waals surface area contributed by atoms with Gasteiger partial charge in [0.2, 0.25) is 10.0 Å². The number of hydrogen-bond donors (Lipinski definition) is 2. The van der Waals surface area contributed by atoms with E-state index in [-0.39, 0.29) is 11.8 Å². The topological polar surface area (TPSA) is 67.4 Å². The van der Waals surface area contributed by atoms with E-state index in [1.54, 1.807) is 0 Å². The second-order valence-electron chi connectivity index (χ2n) is 3.78. The minimum Gasteiger partial charge on any atom is -0.381 e. The molecule has 6 heteroatoms. The molecule has 1 fully saturated rings. The third kappa shape index (κ3) is 5.46. The van der Waals surface area contributed by atoms with Crippen LogP contribution < -0.4 is 10.0 Å². The van der Waals surface area contributed by atoms with Crippen molar-refractivity contribution in [3.05, 3.63) is 0 Å². The molecule has 0 aliphatic carbocycles. The van der Waals surface area contributed by atoms with Gasteiger partial charge in [0.15, 0.2) is 0 Å². The molecule has 0 bridgehead atoms. The lowest BCUT2D eigenvalue weighted by Crippen LogP contribution is -2.40. The highest BCUT2D eigenvalue weighted by Gasteiger charge is 2.19. The van der Waals surface area contributed by atoms with Crippen LogP contribution in [0.15, 0.2) is 0 Å². The van der Waals surface area contributed by atoms with Gasteiger partial charge in [0.1, 0.15) is 0 Å². The molecule has 0 aromatic carbocycles. The van der Waals surface area contributed by atoms with E-state index in [9.17, 15) is 8.42 Å². The van der Waals surface area contributed by atoms with E-state index in [2.05, 4.69) is 10.0 Å². The fraction of sp³-hybridized carbons (Fsp3) is 1.00. The summed E-state index contributed by atoms with van der Waals surface area (Å²) in [5.74, 6) is 0.200. The van der Waals surface area contributed by atoms with Gasteiger partial charge in [-0.2, -0.15) is 0 Å². The molecule has 0 saturated carbocycles. The Morgan fingerprint density at radius 3 is 2.60 bits per heavy atom. The summed E-state index contributed by atoms with van der Waals surface area (Å²) < 4.78 is 31.1. The van der Waals surface area contributed by atoms with E-state index in [0.29, 0.717) is 19.6 Å². The Kier molecular flexibility index (Phi) is 5.52. The number of sulfonamides is 1. The summed E-state index contributed by atoms with van der Waals surface area (Å²) in [6.07, 6.45) is 2.21. The molecular formula is C9H20N2O3S. The van der Waals surface area contributed by atoms with Crippen molar-refractivity contribution in [3.8, 4) is 0 Å². The monoisotopic (exact) mass is 236 g/mol. The first kappa shape index (κ1) is 12.9.